The Bertz CT molecular complexity index is 1090. The van der Waals surface area contributed by atoms with Crippen LogP contribution in [0.3, 0.4) is 0 Å². The number of sulfonamides is 1. The molecule has 1 aliphatic heterocycles. The first-order chi connectivity index (χ1) is 15.4. The Morgan fingerprint density at radius 2 is 1.81 bits per heavy atom. The van der Waals surface area contributed by atoms with Crippen LogP contribution in [0.25, 0.3) is 0 Å². The minimum atomic E-state index is -3.51. The number of rotatable bonds is 8. The Balaban J connectivity index is 1.41. The van der Waals surface area contributed by atoms with E-state index < -0.39 is 10.0 Å². The number of amides is 1. The highest BCUT2D eigenvalue weighted by molar-refractivity contribution is 7.89. The molecule has 0 aromatic heterocycles. The first-order valence-electron chi connectivity index (χ1n) is 11.5. The first-order valence-corrected chi connectivity index (χ1v) is 12.9. The van der Waals surface area contributed by atoms with Crippen molar-refractivity contribution in [1.29, 1.82) is 0 Å². The predicted octanol–water partition coefficient (Wildman–Crippen LogP) is 3.78. The zero-order valence-corrected chi connectivity index (χ0v) is 19.7. The van der Waals surface area contributed by atoms with Crippen LogP contribution in [0.15, 0.2) is 41.3 Å². The number of carbonyl (C=O) groups excluding carboxylic acids is 1. The van der Waals surface area contributed by atoms with E-state index in [-0.39, 0.29) is 23.3 Å². The van der Waals surface area contributed by atoms with Gasteiger partial charge in [0.25, 0.3) is 0 Å². The van der Waals surface area contributed by atoms with E-state index in [2.05, 4.69) is 23.5 Å². The molecule has 172 valence electrons. The fourth-order valence-corrected chi connectivity index (χ4v) is 6.26. The molecule has 0 unspecified atom stereocenters. The van der Waals surface area contributed by atoms with Crippen molar-refractivity contribution in [1.82, 2.24) is 9.62 Å². The lowest BCUT2D eigenvalue weighted by atomic mass is 10.0. The number of hydrogen-bond donors (Lipinski definition) is 1. The average Bonchev–Trinajstić information content (AvgIpc) is 3.49. The number of aryl methyl sites for hydroxylation is 3. The van der Waals surface area contributed by atoms with Gasteiger partial charge in [-0.2, -0.15) is 4.31 Å². The SMILES string of the molecule is COc1ccc(S(=O)(=O)N2CCCC2)cc1CCC(=O)N[C@H](C)c1ccc2c(c1)CCC2. The molecule has 32 heavy (non-hydrogen) atoms. The van der Waals surface area contributed by atoms with Crippen molar-refractivity contribution >= 4 is 15.9 Å². The maximum absolute atomic E-state index is 12.9. The van der Waals surface area contributed by atoms with E-state index >= 15 is 0 Å². The lowest BCUT2D eigenvalue weighted by Crippen LogP contribution is -2.28. The summed E-state index contributed by atoms with van der Waals surface area (Å²) >= 11 is 0. The highest BCUT2D eigenvalue weighted by Gasteiger charge is 2.28. The molecule has 1 amide bonds. The van der Waals surface area contributed by atoms with E-state index in [1.54, 1.807) is 25.3 Å². The fourth-order valence-electron chi connectivity index (χ4n) is 4.69. The van der Waals surface area contributed by atoms with Crippen molar-refractivity contribution in [2.24, 2.45) is 0 Å². The number of nitrogens with one attached hydrogen (secondary N) is 1. The smallest absolute Gasteiger partial charge is 0.243 e. The lowest BCUT2D eigenvalue weighted by molar-refractivity contribution is -0.121. The molecular formula is C25H32N2O4S. The highest BCUT2D eigenvalue weighted by Crippen LogP contribution is 2.28. The molecule has 2 aromatic carbocycles. The highest BCUT2D eigenvalue weighted by atomic mass is 32.2. The van der Waals surface area contributed by atoms with Crippen LogP contribution in [0, 0.1) is 0 Å². The molecule has 0 radical (unpaired) electrons. The van der Waals surface area contributed by atoms with Gasteiger partial charge in [0.15, 0.2) is 0 Å². The minimum Gasteiger partial charge on any atom is -0.496 e. The van der Waals surface area contributed by atoms with Gasteiger partial charge < -0.3 is 10.1 Å². The molecule has 0 spiro atoms. The number of benzene rings is 2. The van der Waals surface area contributed by atoms with E-state index in [0.717, 1.165) is 36.8 Å². The number of fused-ring (bicyclic) bond motifs is 1. The van der Waals surface area contributed by atoms with Gasteiger partial charge in [0.05, 0.1) is 18.0 Å². The van der Waals surface area contributed by atoms with Crippen LogP contribution in [-0.2, 0) is 34.1 Å². The number of methoxy groups -OCH3 is 1. The number of carbonyl (C=O) groups is 1. The molecule has 1 aliphatic carbocycles. The molecule has 4 rings (SSSR count). The van der Waals surface area contributed by atoms with Crippen LogP contribution < -0.4 is 10.1 Å². The monoisotopic (exact) mass is 456 g/mol. The summed E-state index contributed by atoms with van der Waals surface area (Å²) in [6, 6.07) is 11.3. The third kappa shape index (κ3) is 4.84. The van der Waals surface area contributed by atoms with E-state index in [4.69, 9.17) is 4.74 Å². The topological polar surface area (TPSA) is 75.7 Å². The fraction of sp³-hybridized carbons (Fsp3) is 0.480. The molecule has 0 saturated carbocycles. The Morgan fingerprint density at radius 1 is 1.06 bits per heavy atom. The van der Waals surface area contributed by atoms with Gasteiger partial charge in [0.1, 0.15) is 5.75 Å². The number of hydrogen-bond acceptors (Lipinski definition) is 4. The third-order valence-electron chi connectivity index (χ3n) is 6.58. The Labute approximate surface area is 191 Å². The maximum Gasteiger partial charge on any atom is 0.243 e. The second kappa shape index (κ2) is 9.63. The Hall–Kier alpha value is -2.38. The third-order valence-corrected chi connectivity index (χ3v) is 8.47. The molecule has 1 saturated heterocycles. The molecule has 1 fully saturated rings. The van der Waals surface area contributed by atoms with Gasteiger partial charge in [-0.3, -0.25) is 4.79 Å². The van der Waals surface area contributed by atoms with Gasteiger partial charge in [-0.15, -0.1) is 0 Å². The van der Waals surface area contributed by atoms with Crippen molar-refractivity contribution in [2.75, 3.05) is 20.2 Å². The number of ether oxygens (including phenoxy) is 1. The summed E-state index contributed by atoms with van der Waals surface area (Å²) in [6.07, 6.45) is 5.92. The van der Waals surface area contributed by atoms with Gasteiger partial charge in [-0.05, 0) is 85.9 Å². The van der Waals surface area contributed by atoms with Crippen LogP contribution in [0.4, 0.5) is 0 Å². The van der Waals surface area contributed by atoms with Gasteiger partial charge in [0.2, 0.25) is 15.9 Å². The van der Waals surface area contributed by atoms with Crippen LogP contribution >= 0.6 is 0 Å². The van der Waals surface area contributed by atoms with Crippen LogP contribution in [-0.4, -0.2) is 38.8 Å². The van der Waals surface area contributed by atoms with E-state index in [1.807, 2.05) is 6.92 Å². The van der Waals surface area contributed by atoms with Gasteiger partial charge in [-0.25, -0.2) is 8.42 Å². The van der Waals surface area contributed by atoms with Gasteiger partial charge >= 0.3 is 0 Å². The minimum absolute atomic E-state index is 0.0622. The molecule has 7 heteroatoms. The summed E-state index contributed by atoms with van der Waals surface area (Å²) in [6.45, 7) is 3.12. The Kier molecular flexibility index (Phi) is 6.86. The number of nitrogens with zero attached hydrogens (tertiary/aromatic N) is 1. The molecule has 6 nitrogen and oxygen atoms in total. The van der Waals surface area contributed by atoms with E-state index in [0.29, 0.717) is 25.3 Å². The lowest BCUT2D eigenvalue weighted by Gasteiger charge is -2.18. The molecular weight excluding hydrogens is 424 g/mol. The molecule has 1 N–H and O–H groups in total. The van der Waals surface area contributed by atoms with Crippen molar-refractivity contribution in [3.8, 4) is 5.75 Å². The normalized spacial score (nSPS) is 17.2. The van der Waals surface area contributed by atoms with Crippen molar-refractivity contribution in [2.45, 2.75) is 62.8 Å². The zero-order valence-electron chi connectivity index (χ0n) is 18.9. The average molecular weight is 457 g/mol. The summed E-state index contributed by atoms with van der Waals surface area (Å²) in [5.41, 5.74) is 4.66. The van der Waals surface area contributed by atoms with Crippen molar-refractivity contribution < 1.29 is 17.9 Å². The molecule has 1 atom stereocenters. The first kappa shape index (κ1) is 22.8. The maximum atomic E-state index is 12.9. The zero-order chi connectivity index (χ0) is 22.7. The summed E-state index contributed by atoms with van der Waals surface area (Å²) in [5.74, 6) is 0.540. The standard InChI is InChI=1S/C25H32N2O4S/c1-18(20-9-8-19-6-5-7-21(19)16-20)26-25(28)13-10-22-17-23(11-12-24(22)31-2)32(29,30)27-14-3-4-15-27/h8-9,11-12,16-18H,3-7,10,13-15H2,1-2H3,(H,26,28)/t18-/m1/s1. The largest absolute Gasteiger partial charge is 0.496 e. The van der Waals surface area contributed by atoms with Crippen LogP contribution in [0.1, 0.15) is 60.9 Å². The quantitative estimate of drug-likeness (QED) is 0.656. The molecule has 0 bridgehead atoms. The van der Waals surface area contributed by atoms with Crippen LogP contribution in [0.5, 0.6) is 5.75 Å². The van der Waals surface area contributed by atoms with Crippen molar-refractivity contribution in [3.63, 3.8) is 0 Å². The second-order valence-corrected chi connectivity index (χ2v) is 10.7. The molecule has 2 aliphatic rings. The van der Waals surface area contributed by atoms with E-state index in [1.165, 1.54) is 21.9 Å². The summed E-state index contributed by atoms with van der Waals surface area (Å²) in [4.78, 5) is 12.9. The van der Waals surface area contributed by atoms with E-state index in [9.17, 15) is 13.2 Å². The predicted molar refractivity (Wildman–Crippen MR) is 124 cm³/mol. The Morgan fingerprint density at radius 3 is 2.56 bits per heavy atom. The summed E-state index contributed by atoms with van der Waals surface area (Å²) < 4.78 is 32.8. The van der Waals surface area contributed by atoms with Crippen molar-refractivity contribution in [3.05, 3.63) is 58.7 Å². The van der Waals surface area contributed by atoms with Gasteiger partial charge in [-0.1, -0.05) is 18.2 Å². The van der Waals surface area contributed by atoms with Gasteiger partial charge in [0, 0.05) is 19.5 Å². The second-order valence-electron chi connectivity index (χ2n) is 8.76. The van der Waals surface area contributed by atoms with Crippen LogP contribution in [0.2, 0.25) is 0 Å². The summed E-state index contributed by atoms with van der Waals surface area (Å²) in [7, 11) is -1.95. The molecule has 1 heterocycles. The summed E-state index contributed by atoms with van der Waals surface area (Å²) in [5, 5.41) is 3.08. The molecule has 2 aromatic rings.